The summed E-state index contributed by atoms with van der Waals surface area (Å²) in [5, 5.41) is 5.16. The highest BCUT2D eigenvalue weighted by atomic mass is 16.5. The Bertz CT molecular complexity index is 749. The Hall–Kier alpha value is -2.23. The van der Waals surface area contributed by atoms with Crippen molar-refractivity contribution >= 4 is 10.9 Å². The van der Waals surface area contributed by atoms with Crippen LogP contribution >= 0.6 is 0 Å². The van der Waals surface area contributed by atoms with Gasteiger partial charge in [0.2, 0.25) is 0 Å². The molecule has 4 nitrogen and oxygen atoms in total. The molecule has 0 unspecified atom stereocenters. The molecule has 0 fully saturated rings. The van der Waals surface area contributed by atoms with Gasteiger partial charge in [-0.25, -0.2) is 0 Å². The summed E-state index contributed by atoms with van der Waals surface area (Å²) in [5.74, 6) is 1.81. The number of aromatic nitrogens is 2. The Balaban J connectivity index is 2.01. The van der Waals surface area contributed by atoms with Crippen LogP contribution in [0, 0.1) is 13.8 Å². The lowest BCUT2D eigenvalue weighted by atomic mass is 10.2. The lowest BCUT2D eigenvalue weighted by Crippen LogP contribution is -2.05. The Labute approximate surface area is 124 Å². The van der Waals surface area contributed by atoms with Crippen molar-refractivity contribution in [1.29, 1.82) is 0 Å². The predicted octanol–water partition coefficient (Wildman–Crippen LogP) is 4.08. The number of ether oxygens (including phenoxy) is 1. The van der Waals surface area contributed by atoms with Crippen LogP contribution in [0.4, 0.5) is 0 Å². The van der Waals surface area contributed by atoms with Crippen molar-refractivity contribution in [3.8, 4) is 5.75 Å². The summed E-state index contributed by atoms with van der Waals surface area (Å²) >= 11 is 0. The average molecular weight is 284 g/mol. The van der Waals surface area contributed by atoms with Gasteiger partial charge in [-0.3, -0.25) is 0 Å². The third-order valence-electron chi connectivity index (χ3n) is 3.65. The van der Waals surface area contributed by atoms with Crippen molar-refractivity contribution in [2.24, 2.45) is 0 Å². The van der Waals surface area contributed by atoms with Gasteiger partial charge in [0.05, 0.1) is 23.9 Å². The lowest BCUT2D eigenvalue weighted by Gasteiger charge is -2.11. The van der Waals surface area contributed by atoms with Crippen molar-refractivity contribution in [1.82, 2.24) is 9.72 Å². The minimum absolute atomic E-state index is 0.168. The number of aryl methyl sites for hydroxylation is 2. The molecule has 0 radical (unpaired) electrons. The van der Waals surface area contributed by atoms with Gasteiger partial charge in [0.15, 0.2) is 0 Å². The predicted molar refractivity (Wildman–Crippen MR) is 82.8 cm³/mol. The summed E-state index contributed by atoms with van der Waals surface area (Å²) in [6.07, 6.45) is 2.26. The summed E-state index contributed by atoms with van der Waals surface area (Å²) in [7, 11) is 0. The van der Waals surface area contributed by atoms with Gasteiger partial charge in [-0.1, -0.05) is 11.2 Å². The van der Waals surface area contributed by atoms with Gasteiger partial charge in [0, 0.05) is 17.1 Å². The van der Waals surface area contributed by atoms with Gasteiger partial charge in [-0.15, -0.1) is 0 Å². The van der Waals surface area contributed by atoms with E-state index in [0.29, 0.717) is 0 Å². The molecule has 0 saturated carbocycles. The van der Waals surface area contributed by atoms with Crippen LogP contribution in [0.15, 0.2) is 35.0 Å². The SMILES string of the molecule is Cc1noc(C)c1Cn1ccc2c(OC(C)C)cccc21. The second kappa shape index (κ2) is 5.28. The topological polar surface area (TPSA) is 40.2 Å². The molecule has 3 aromatic rings. The Morgan fingerprint density at radius 1 is 1.24 bits per heavy atom. The number of rotatable bonds is 4. The minimum Gasteiger partial charge on any atom is -0.490 e. The van der Waals surface area contributed by atoms with Crippen molar-refractivity contribution in [3.05, 3.63) is 47.5 Å². The first-order valence-corrected chi connectivity index (χ1v) is 7.22. The van der Waals surface area contributed by atoms with Gasteiger partial charge >= 0.3 is 0 Å². The summed E-state index contributed by atoms with van der Waals surface area (Å²) < 4.78 is 13.3. The maximum Gasteiger partial charge on any atom is 0.138 e. The van der Waals surface area contributed by atoms with E-state index in [2.05, 4.69) is 28.1 Å². The normalized spacial score (nSPS) is 11.5. The zero-order valence-corrected chi connectivity index (χ0v) is 12.9. The first-order valence-electron chi connectivity index (χ1n) is 7.22. The van der Waals surface area contributed by atoms with Crippen LogP contribution in [0.25, 0.3) is 10.9 Å². The van der Waals surface area contributed by atoms with Gasteiger partial charge in [0.25, 0.3) is 0 Å². The van der Waals surface area contributed by atoms with Crippen molar-refractivity contribution in [2.45, 2.75) is 40.3 Å². The maximum atomic E-state index is 5.88. The molecule has 0 N–H and O–H groups in total. The number of benzene rings is 1. The molecule has 0 aliphatic carbocycles. The highest BCUT2D eigenvalue weighted by Crippen LogP contribution is 2.28. The smallest absolute Gasteiger partial charge is 0.138 e. The zero-order valence-electron chi connectivity index (χ0n) is 12.9. The Kier molecular flexibility index (Phi) is 3.45. The van der Waals surface area contributed by atoms with E-state index in [1.165, 1.54) is 0 Å². The molecule has 0 aliphatic heterocycles. The molecular formula is C17H20N2O2. The molecular weight excluding hydrogens is 264 g/mol. The van der Waals surface area contributed by atoms with Gasteiger partial charge < -0.3 is 13.8 Å². The van der Waals surface area contributed by atoms with E-state index in [4.69, 9.17) is 9.26 Å². The first-order chi connectivity index (χ1) is 10.1. The molecule has 0 bridgehead atoms. The molecule has 4 heteroatoms. The van der Waals surface area contributed by atoms with Crippen LogP contribution in [0.5, 0.6) is 5.75 Å². The van der Waals surface area contributed by atoms with Crippen LogP contribution in [-0.4, -0.2) is 15.8 Å². The summed E-state index contributed by atoms with van der Waals surface area (Å²) in [6, 6.07) is 8.26. The molecule has 21 heavy (non-hydrogen) atoms. The molecule has 110 valence electrons. The van der Waals surface area contributed by atoms with E-state index < -0.39 is 0 Å². The highest BCUT2D eigenvalue weighted by molar-refractivity contribution is 5.86. The Morgan fingerprint density at radius 3 is 2.71 bits per heavy atom. The third kappa shape index (κ3) is 2.53. The van der Waals surface area contributed by atoms with E-state index in [1.807, 2.05) is 39.8 Å². The van der Waals surface area contributed by atoms with Crippen LogP contribution in [0.1, 0.15) is 30.9 Å². The largest absolute Gasteiger partial charge is 0.490 e. The van der Waals surface area contributed by atoms with Crippen molar-refractivity contribution < 1.29 is 9.26 Å². The van der Waals surface area contributed by atoms with E-state index in [1.54, 1.807) is 0 Å². The van der Waals surface area contributed by atoms with E-state index in [0.717, 1.165) is 40.2 Å². The molecule has 0 amide bonds. The lowest BCUT2D eigenvalue weighted by molar-refractivity contribution is 0.245. The monoisotopic (exact) mass is 284 g/mol. The number of nitrogens with zero attached hydrogens (tertiary/aromatic N) is 2. The molecule has 2 aromatic heterocycles. The Morgan fingerprint density at radius 2 is 2.05 bits per heavy atom. The molecule has 0 spiro atoms. The van der Waals surface area contributed by atoms with Gasteiger partial charge in [-0.2, -0.15) is 0 Å². The fourth-order valence-electron chi connectivity index (χ4n) is 2.59. The molecule has 0 atom stereocenters. The third-order valence-corrected chi connectivity index (χ3v) is 3.65. The van der Waals surface area contributed by atoms with Crippen molar-refractivity contribution in [2.75, 3.05) is 0 Å². The quantitative estimate of drug-likeness (QED) is 0.724. The van der Waals surface area contributed by atoms with Crippen LogP contribution in [0.3, 0.4) is 0 Å². The van der Waals surface area contributed by atoms with Crippen LogP contribution in [0.2, 0.25) is 0 Å². The average Bonchev–Trinajstić information content (AvgIpc) is 2.98. The standard InChI is InChI=1S/C17H20N2O2/c1-11(2)20-17-7-5-6-16-14(17)8-9-19(16)10-15-12(3)18-21-13(15)4/h5-9,11H,10H2,1-4H3. The molecule has 0 saturated heterocycles. The van der Waals surface area contributed by atoms with E-state index in [-0.39, 0.29) is 6.10 Å². The van der Waals surface area contributed by atoms with E-state index in [9.17, 15) is 0 Å². The van der Waals surface area contributed by atoms with Gasteiger partial charge in [0.1, 0.15) is 11.5 Å². The molecule has 1 aromatic carbocycles. The number of hydrogen-bond donors (Lipinski definition) is 0. The summed E-state index contributed by atoms with van der Waals surface area (Å²) in [6.45, 7) is 8.77. The number of hydrogen-bond acceptors (Lipinski definition) is 3. The fourth-order valence-corrected chi connectivity index (χ4v) is 2.59. The molecule has 0 aliphatic rings. The van der Waals surface area contributed by atoms with Crippen LogP contribution in [-0.2, 0) is 6.54 Å². The first kappa shape index (κ1) is 13.7. The molecule has 3 rings (SSSR count). The van der Waals surface area contributed by atoms with Gasteiger partial charge in [-0.05, 0) is 45.9 Å². The van der Waals surface area contributed by atoms with Crippen LogP contribution < -0.4 is 4.74 Å². The second-order valence-corrected chi connectivity index (χ2v) is 5.60. The summed E-state index contributed by atoms with van der Waals surface area (Å²) in [5.41, 5.74) is 3.25. The minimum atomic E-state index is 0.168. The number of fused-ring (bicyclic) bond motifs is 1. The maximum absolute atomic E-state index is 5.88. The fraction of sp³-hybridized carbons (Fsp3) is 0.353. The zero-order chi connectivity index (χ0) is 15.0. The van der Waals surface area contributed by atoms with Crippen molar-refractivity contribution in [3.63, 3.8) is 0 Å². The van der Waals surface area contributed by atoms with E-state index >= 15 is 0 Å². The summed E-state index contributed by atoms with van der Waals surface area (Å²) in [4.78, 5) is 0. The molecule has 2 heterocycles. The second-order valence-electron chi connectivity index (χ2n) is 5.60. The highest BCUT2D eigenvalue weighted by Gasteiger charge is 2.12.